The van der Waals surface area contributed by atoms with Crippen LogP contribution in [0.15, 0.2) is 0 Å². The first-order chi connectivity index (χ1) is 8.00. The van der Waals surface area contributed by atoms with E-state index in [1.165, 1.54) is 19.3 Å². The lowest BCUT2D eigenvalue weighted by Crippen LogP contribution is -2.34. The van der Waals surface area contributed by atoms with E-state index in [1.807, 2.05) is 0 Å². The van der Waals surface area contributed by atoms with Crippen LogP contribution in [0, 0.1) is 17.8 Å². The van der Waals surface area contributed by atoms with E-state index < -0.39 is 0 Å². The van der Waals surface area contributed by atoms with Gasteiger partial charge in [-0.25, -0.2) is 0 Å². The predicted octanol–water partition coefficient (Wildman–Crippen LogP) is 3.89. The summed E-state index contributed by atoms with van der Waals surface area (Å²) < 4.78 is 11.6. The maximum atomic E-state index is 5.83. The largest absolute Gasteiger partial charge is 0.378 e. The fourth-order valence-electron chi connectivity index (χ4n) is 2.72. The van der Waals surface area contributed by atoms with Crippen molar-refractivity contribution in [2.45, 2.75) is 66.1 Å². The molecule has 1 fully saturated rings. The summed E-state index contributed by atoms with van der Waals surface area (Å²) in [6.07, 6.45) is 4.70. The highest BCUT2D eigenvalue weighted by molar-refractivity contribution is 4.80. The van der Waals surface area contributed by atoms with Crippen molar-refractivity contribution in [3.05, 3.63) is 0 Å². The Morgan fingerprint density at radius 2 is 1.53 bits per heavy atom. The van der Waals surface area contributed by atoms with Gasteiger partial charge in [0.1, 0.15) is 0 Å². The minimum absolute atomic E-state index is 0.343. The minimum Gasteiger partial charge on any atom is -0.378 e. The van der Waals surface area contributed by atoms with E-state index in [1.54, 1.807) is 0 Å². The Morgan fingerprint density at radius 1 is 0.941 bits per heavy atom. The molecule has 1 rings (SSSR count). The van der Waals surface area contributed by atoms with Crippen LogP contribution in [0.25, 0.3) is 0 Å². The highest BCUT2D eigenvalue weighted by atomic mass is 16.5. The smallest absolute Gasteiger partial charge is 0.0519 e. The summed E-state index contributed by atoms with van der Waals surface area (Å²) in [6, 6.07) is 0. The summed E-state index contributed by atoms with van der Waals surface area (Å²) in [7, 11) is 0. The molecule has 0 aromatic carbocycles. The first kappa shape index (κ1) is 15.0. The molecule has 0 bridgehead atoms. The Morgan fingerprint density at radius 3 is 2.12 bits per heavy atom. The van der Waals surface area contributed by atoms with Gasteiger partial charge >= 0.3 is 0 Å². The molecule has 0 aromatic heterocycles. The van der Waals surface area contributed by atoms with Gasteiger partial charge in [0, 0.05) is 0 Å². The molecule has 0 heterocycles. The number of ether oxygens (including phenoxy) is 2. The normalized spacial score (nSPS) is 30.2. The van der Waals surface area contributed by atoms with E-state index in [-0.39, 0.29) is 0 Å². The van der Waals surface area contributed by atoms with Crippen LogP contribution in [0.1, 0.15) is 53.9 Å². The highest BCUT2D eigenvalue weighted by Gasteiger charge is 2.31. The Balaban J connectivity index is 2.45. The molecule has 17 heavy (non-hydrogen) atoms. The summed E-state index contributed by atoms with van der Waals surface area (Å²) >= 11 is 0. The molecule has 3 unspecified atom stereocenters. The molecule has 102 valence electrons. The SMILES string of the molecule is CC(C)OCC1CCCC(C)C1COC(C)C. The van der Waals surface area contributed by atoms with Crippen molar-refractivity contribution < 1.29 is 9.47 Å². The Hall–Kier alpha value is -0.0800. The average molecular weight is 242 g/mol. The van der Waals surface area contributed by atoms with Crippen LogP contribution in [0.2, 0.25) is 0 Å². The molecule has 0 N–H and O–H groups in total. The van der Waals surface area contributed by atoms with Crippen LogP contribution in [0.3, 0.4) is 0 Å². The van der Waals surface area contributed by atoms with E-state index in [4.69, 9.17) is 9.47 Å². The quantitative estimate of drug-likeness (QED) is 0.703. The first-order valence-electron chi connectivity index (χ1n) is 7.24. The Bertz CT molecular complexity index is 201. The molecule has 0 radical (unpaired) electrons. The first-order valence-corrected chi connectivity index (χ1v) is 7.24. The average Bonchev–Trinajstić information content (AvgIpc) is 2.24. The summed E-state index contributed by atoms with van der Waals surface area (Å²) in [5.74, 6) is 2.16. The van der Waals surface area contributed by atoms with Gasteiger partial charge in [-0.3, -0.25) is 0 Å². The maximum Gasteiger partial charge on any atom is 0.0519 e. The topological polar surface area (TPSA) is 18.5 Å². The number of hydrogen-bond donors (Lipinski definition) is 0. The third kappa shape index (κ3) is 5.39. The molecule has 0 aliphatic heterocycles. The molecule has 2 nitrogen and oxygen atoms in total. The highest BCUT2D eigenvalue weighted by Crippen LogP contribution is 2.35. The van der Waals surface area contributed by atoms with Gasteiger partial charge in [-0.05, 0) is 51.9 Å². The molecule has 3 atom stereocenters. The maximum absolute atomic E-state index is 5.83. The zero-order chi connectivity index (χ0) is 12.8. The van der Waals surface area contributed by atoms with Crippen molar-refractivity contribution in [1.82, 2.24) is 0 Å². The van der Waals surface area contributed by atoms with Gasteiger partial charge < -0.3 is 9.47 Å². The number of rotatable bonds is 6. The van der Waals surface area contributed by atoms with Crippen molar-refractivity contribution in [2.24, 2.45) is 17.8 Å². The molecule has 0 saturated heterocycles. The second-order valence-electron chi connectivity index (χ2n) is 6.10. The molecule has 0 spiro atoms. The van der Waals surface area contributed by atoms with Gasteiger partial charge in [0.25, 0.3) is 0 Å². The lowest BCUT2D eigenvalue weighted by atomic mass is 9.73. The van der Waals surface area contributed by atoms with E-state index in [9.17, 15) is 0 Å². The molecular weight excluding hydrogens is 212 g/mol. The monoisotopic (exact) mass is 242 g/mol. The van der Waals surface area contributed by atoms with Crippen LogP contribution in [0.4, 0.5) is 0 Å². The van der Waals surface area contributed by atoms with Gasteiger partial charge in [0.2, 0.25) is 0 Å². The van der Waals surface area contributed by atoms with E-state index in [0.29, 0.717) is 24.0 Å². The van der Waals surface area contributed by atoms with E-state index >= 15 is 0 Å². The molecule has 1 saturated carbocycles. The Labute approximate surface area is 107 Å². The second kappa shape index (κ2) is 7.38. The zero-order valence-electron chi connectivity index (χ0n) is 12.2. The van der Waals surface area contributed by atoms with Gasteiger partial charge in [-0.2, -0.15) is 0 Å². The van der Waals surface area contributed by atoms with Crippen molar-refractivity contribution in [1.29, 1.82) is 0 Å². The third-order valence-corrected chi connectivity index (χ3v) is 3.84. The molecule has 1 aliphatic carbocycles. The fraction of sp³-hybridized carbons (Fsp3) is 1.00. The molecular formula is C15H30O2. The van der Waals surface area contributed by atoms with Gasteiger partial charge in [-0.1, -0.05) is 19.8 Å². The third-order valence-electron chi connectivity index (χ3n) is 3.84. The van der Waals surface area contributed by atoms with Crippen LogP contribution < -0.4 is 0 Å². The van der Waals surface area contributed by atoms with Crippen molar-refractivity contribution in [2.75, 3.05) is 13.2 Å². The molecule has 0 amide bonds. The summed E-state index contributed by atoms with van der Waals surface area (Å²) in [4.78, 5) is 0. The minimum atomic E-state index is 0.343. The summed E-state index contributed by atoms with van der Waals surface area (Å²) in [5.41, 5.74) is 0. The van der Waals surface area contributed by atoms with Crippen LogP contribution in [-0.4, -0.2) is 25.4 Å². The predicted molar refractivity (Wildman–Crippen MR) is 72.2 cm³/mol. The van der Waals surface area contributed by atoms with Crippen LogP contribution in [-0.2, 0) is 9.47 Å². The van der Waals surface area contributed by atoms with E-state index in [2.05, 4.69) is 34.6 Å². The molecule has 2 heteroatoms. The molecule has 1 aliphatic rings. The van der Waals surface area contributed by atoms with Crippen molar-refractivity contribution >= 4 is 0 Å². The van der Waals surface area contributed by atoms with Gasteiger partial charge in [-0.15, -0.1) is 0 Å². The van der Waals surface area contributed by atoms with E-state index in [0.717, 1.165) is 19.1 Å². The van der Waals surface area contributed by atoms with Crippen LogP contribution >= 0.6 is 0 Å². The zero-order valence-corrected chi connectivity index (χ0v) is 12.2. The van der Waals surface area contributed by atoms with Crippen molar-refractivity contribution in [3.8, 4) is 0 Å². The fourth-order valence-corrected chi connectivity index (χ4v) is 2.72. The summed E-state index contributed by atoms with van der Waals surface area (Å²) in [6.45, 7) is 12.7. The summed E-state index contributed by atoms with van der Waals surface area (Å²) in [5, 5.41) is 0. The molecule has 0 aromatic rings. The lowest BCUT2D eigenvalue weighted by molar-refractivity contribution is -0.0360. The number of hydrogen-bond acceptors (Lipinski definition) is 2. The van der Waals surface area contributed by atoms with Gasteiger partial charge in [0.15, 0.2) is 0 Å². The van der Waals surface area contributed by atoms with Gasteiger partial charge in [0.05, 0.1) is 25.4 Å². The van der Waals surface area contributed by atoms with Crippen LogP contribution in [0.5, 0.6) is 0 Å². The Kier molecular flexibility index (Phi) is 6.50. The lowest BCUT2D eigenvalue weighted by Gasteiger charge is -2.37. The second-order valence-corrected chi connectivity index (χ2v) is 6.10. The van der Waals surface area contributed by atoms with Crippen molar-refractivity contribution in [3.63, 3.8) is 0 Å². The standard InChI is InChI=1S/C15H30O2/c1-11(2)16-9-14-8-6-7-13(5)15(14)10-17-12(3)4/h11-15H,6-10H2,1-5H3.